The minimum Gasteiger partial charge on any atom is -0.507 e. The van der Waals surface area contributed by atoms with Gasteiger partial charge >= 0.3 is 0 Å². The van der Waals surface area contributed by atoms with Gasteiger partial charge in [-0.2, -0.15) is 0 Å². The van der Waals surface area contributed by atoms with Gasteiger partial charge in [0.1, 0.15) is 22.9 Å². The summed E-state index contributed by atoms with van der Waals surface area (Å²) in [7, 11) is 0. The molecule has 3 rings (SSSR count). The number of anilines is 1. The van der Waals surface area contributed by atoms with Crippen molar-refractivity contribution in [3.63, 3.8) is 0 Å². The average Bonchev–Trinajstić information content (AvgIpc) is 3.15. The molecule has 2 aromatic heterocycles. The number of hydrogen-bond acceptors (Lipinski definition) is 7. The standard InChI is InChI=1S/C14H9F2N3O2S3/c15-7-4-9(16)11(10(20)5-7)12(21)17-13-18-19-14(24-13)23-6-8-2-1-3-22-8/h1-5,20H,6H2,(H,17,18,21). The fourth-order valence-corrected chi connectivity index (χ4v) is 4.31. The van der Waals surface area contributed by atoms with E-state index < -0.39 is 28.9 Å². The SMILES string of the molecule is O=C(Nc1nnc(SCc2cccs2)s1)c1c(O)cc(F)cc1F. The number of carbonyl (C=O) groups excluding carboxylic acids is 1. The molecule has 10 heteroatoms. The predicted molar refractivity (Wildman–Crippen MR) is 89.8 cm³/mol. The molecule has 5 nitrogen and oxygen atoms in total. The van der Waals surface area contributed by atoms with Crippen molar-refractivity contribution in [2.75, 3.05) is 5.32 Å². The number of thiophene rings is 1. The lowest BCUT2D eigenvalue weighted by Gasteiger charge is -2.05. The van der Waals surface area contributed by atoms with Crippen LogP contribution in [0.1, 0.15) is 15.2 Å². The van der Waals surface area contributed by atoms with Crippen molar-refractivity contribution in [1.82, 2.24) is 10.2 Å². The molecule has 1 amide bonds. The first-order valence-electron chi connectivity index (χ1n) is 6.51. The summed E-state index contributed by atoms with van der Waals surface area (Å²) in [4.78, 5) is 13.2. The van der Waals surface area contributed by atoms with Crippen molar-refractivity contribution in [2.24, 2.45) is 0 Å². The van der Waals surface area contributed by atoms with Crippen molar-refractivity contribution in [3.05, 3.63) is 51.7 Å². The largest absolute Gasteiger partial charge is 0.507 e. The van der Waals surface area contributed by atoms with E-state index in [9.17, 15) is 18.7 Å². The van der Waals surface area contributed by atoms with Crippen LogP contribution in [0, 0.1) is 11.6 Å². The van der Waals surface area contributed by atoms with Gasteiger partial charge in [-0.25, -0.2) is 8.78 Å². The Morgan fingerprint density at radius 3 is 2.88 bits per heavy atom. The molecule has 0 bridgehead atoms. The summed E-state index contributed by atoms with van der Waals surface area (Å²) in [5.74, 6) is -3.09. The minimum absolute atomic E-state index is 0.164. The summed E-state index contributed by atoms with van der Waals surface area (Å²) < 4.78 is 27.2. The Balaban J connectivity index is 1.67. The third kappa shape index (κ3) is 3.89. The molecule has 124 valence electrons. The first-order chi connectivity index (χ1) is 11.5. The van der Waals surface area contributed by atoms with Crippen LogP contribution < -0.4 is 5.32 Å². The Kier molecular flexibility index (Phi) is 5.07. The molecule has 0 atom stereocenters. The number of nitrogens with one attached hydrogen (secondary N) is 1. The fourth-order valence-electron chi connectivity index (χ4n) is 1.79. The van der Waals surface area contributed by atoms with Crippen LogP contribution in [-0.4, -0.2) is 21.2 Å². The molecule has 0 saturated heterocycles. The molecule has 0 aliphatic rings. The Bertz CT molecular complexity index is 845. The van der Waals surface area contributed by atoms with Crippen molar-refractivity contribution in [3.8, 4) is 5.75 Å². The predicted octanol–water partition coefficient (Wildman–Crippen LogP) is 4.13. The molecule has 0 saturated carbocycles. The van der Waals surface area contributed by atoms with E-state index in [1.54, 1.807) is 11.3 Å². The van der Waals surface area contributed by atoms with Gasteiger partial charge in [0.15, 0.2) is 4.34 Å². The first kappa shape index (κ1) is 16.8. The van der Waals surface area contributed by atoms with Gasteiger partial charge in [0.25, 0.3) is 5.91 Å². The van der Waals surface area contributed by atoms with Crippen LogP contribution in [0.4, 0.5) is 13.9 Å². The van der Waals surface area contributed by atoms with E-state index in [-0.39, 0.29) is 5.13 Å². The second-order valence-electron chi connectivity index (χ2n) is 4.48. The van der Waals surface area contributed by atoms with Crippen LogP contribution in [0.5, 0.6) is 5.75 Å². The summed E-state index contributed by atoms with van der Waals surface area (Å²) in [6.45, 7) is 0. The number of amides is 1. The van der Waals surface area contributed by atoms with Crippen molar-refractivity contribution in [1.29, 1.82) is 0 Å². The van der Waals surface area contributed by atoms with Crippen LogP contribution in [0.15, 0.2) is 34.0 Å². The number of halogens is 2. The second kappa shape index (κ2) is 7.24. The minimum atomic E-state index is -1.15. The van der Waals surface area contributed by atoms with Crippen LogP contribution in [-0.2, 0) is 5.75 Å². The molecular weight excluding hydrogens is 376 g/mol. The van der Waals surface area contributed by atoms with Gasteiger partial charge in [0.05, 0.1) is 0 Å². The molecule has 0 unspecified atom stereocenters. The highest BCUT2D eigenvalue weighted by Gasteiger charge is 2.20. The molecule has 2 heterocycles. The summed E-state index contributed by atoms with van der Waals surface area (Å²) in [6.07, 6.45) is 0. The zero-order chi connectivity index (χ0) is 17.1. The lowest BCUT2D eigenvalue weighted by atomic mass is 10.1. The van der Waals surface area contributed by atoms with Crippen molar-refractivity contribution < 1.29 is 18.7 Å². The molecule has 24 heavy (non-hydrogen) atoms. The highest BCUT2D eigenvalue weighted by Crippen LogP contribution is 2.30. The lowest BCUT2D eigenvalue weighted by Crippen LogP contribution is -2.14. The van der Waals surface area contributed by atoms with E-state index in [0.717, 1.165) is 17.1 Å². The fraction of sp³-hybridized carbons (Fsp3) is 0.0714. The van der Waals surface area contributed by atoms with Crippen LogP contribution in [0.25, 0.3) is 0 Å². The number of aromatic nitrogens is 2. The smallest absolute Gasteiger partial charge is 0.264 e. The van der Waals surface area contributed by atoms with Gasteiger partial charge in [-0.3, -0.25) is 10.1 Å². The van der Waals surface area contributed by atoms with Gasteiger partial charge in [0, 0.05) is 22.8 Å². The van der Waals surface area contributed by atoms with E-state index in [2.05, 4.69) is 15.5 Å². The molecule has 0 aliphatic heterocycles. The summed E-state index contributed by atoms with van der Waals surface area (Å²) in [6, 6.07) is 5.15. The number of nitrogens with zero attached hydrogens (tertiary/aromatic N) is 2. The van der Waals surface area contributed by atoms with E-state index in [1.807, 2.05) is 17.5 Å². The Labute approximate surface area is 147 Å². The third-order valence-corrected chi connectivity index (χ3v) is 5.89. The van der Waals surface area contributed by atoms with Gasteiger partial charge in [-0.15, -0.1) is 21.5 Å². The summed E-state index contributed by atoms with van der Waals surface area (Å²) in [5, 5.41) is 21.8. The Morgan fingerprint density at radius 1 is 1.33 bits per heavy atom. The topological polar surface area (TPSA) is 75.1 Å². The van der Waals surface area contributed by atoms with Gasteiger partial charge in [0.2, 0.25) is 5.13 Å². The first-order valence-corrected chi connectivity index (χ1v) is 9.19. The third-order valence-electron chi connectivity index (χ3n) is 2.81. The number of carbonyl (C=O) groups is 1. The number of aromatic hydroxyl groups is 1. The summed E-state index contributed by atoms with van der Waals surface area (Å²) >= 11 is 4.22. The van der Waals surface area contributed by atoms with Crippen molar-refractivity contribution >= 4 is 45.5 Å². The van der Waals surface area contributed by atoms with Crippen LogP contribution in [0.2, 0.25) is 0 Å². The molecule has 1 aromatic carbocycles. The normalized spacial score (nSPS) is 10.8. The average molecular weight is 385 g/mol. The van der Waals surface area contributed by atoms with E-state index in [1.165, 1.54) is 16.6 Å². The monoisotopic (exact) mass is 385 g/mol. The number of benzene rings is 1. The quantitative estimate of drug-likeness (QED) is 0.510. The molecule has 0 aliphatic carbocycles. The van der Waals surface area contributed by atoms with Gasteiger partial charge < -0.3 is 5.11 Å². The molecule has 0 spiro atoms. The van der Waals surface area contributed by atoms with Crippen LogP contribution >= 0.6 is 34.4 Å². The van der Waals surface area contributed by atoms with E-state index >= 15 is 0 Å². The summed E-state index contributed by atoms with van der Waals surface area (Å²) in [5.41, 5.74) is -0.639. The maximum absolute atomic E-state index is 13.7. The molecule has 0 fully saturated rings. The molecule has 0 radical (unpaired) electrons. The maximum atomic E-state index is 13.7. The van der Waals surface area contributed by atoms with E-state index in [4.69, 9.17) is 0 Å². The highest BCUT2D eigenvalue weighted by atomic mass is 32.2. The van der Waals surface area contributed by atoms with Crippen LogP contribution in [0.3, 0.4) is 0 Å². The molecule has 2 N–H and O–H groups in total. The number of thioether (sulfide) groups is 1. The van der Waals surface area contributed by atoms with Crippen molar-refractivity contribution in [2.45, 2.75) is 10.1 Å². The van der Waals surface area contributed by atoms with Gasteiger partial charge in [-0.1, -0.05) is 29.2 Å². The zero-order valence-electron chi connectivity index (χ0n) is 11.8. The Morgan fingerprint density at radius 2 is 2.17 bits per heavy atom. The molecular formula is C14H9F2N3O2S3. The second-order valence-corrected chi connectivity index (χ2v) is 7.71. The Hall–Kier alpha value is -2.04. The number of phenols is 1. The maximum Gasteiger partial charge on any atom is 0.264 e. The molecule has 3 aromatic rings. The number of rotatable bonds is 5. The van der Waals surface area contributed by atoms with E-state index in [0.29, 0.717) is 16.5 Å². The number of hydrogen-bond donors (Lipinski definition) is 2. The zero-order valence-corrected chi connectivity index (χ0v) is 14.3. The highest BCUT2D eigenvalue weighted by molar-refractivity contribution is 8.00. The lowest BCUT2D eigenvalue weighted by molar-refractivity contribution is 0.102. The number of phenolic OH excluding ortho intramolecular Hbond substituents is 1. The van der Waals surface area contributed by atoms with Gasteiger partial charge in [-0.05, 0) is 11.4 Å².